The molecule has 2 aromatic rings. The van der Waals surface area contributed by atoms with E-state index in [1.165, 1.54) is 23.5 Å². The number of anilines is 1. The predicted molar refractivity (Wildman–Crippen MR) is 103 cm³/mol. The number of hydrogen-bond donors (Lipinski definition) is 2. The average molecular weight is 443 g/mol. The molecule has 1 aromatic carbocycles. The van der Waals surface area contributed by atoms with Crippen molar-refractivity contribution in [2.45, 2.75) is 39.0 Å². The summed E-state index contributed by atoms with van der Waals surface area (Å²) in [5.74, 6) is -1.21. The zero-order chi connectivity index (χ0) is 18.9. The van der Waals surface area contributed by atoms with Crippen LogP contribution in [0, 0.1) is 5.82 Å². The van der Waals surface area contributed by atoms with E-state index in [2.05, 4.69) is 43.7 Å². The van der Waals surface area contributed by atoms with E-state index in [1.807, 2.05) is 0 Å². The average Bonchev–Trinajstić information content (AvgIpc) is 3.04. The molecule has 0 aliphatic rings. The van der Waals surface area contributed by atoms with E-state index in [0.717, 1.165) is 36.8 Å². The van der Waals surface area contributed by atoms with Crippen molar-refractivity contribution in [3.8, 4) is 0 Å². The van der Waals surface area contributed by atoms with Crippen molar-refractivity contribution >= 4 is 44.2 Å². The number of aromatic nitrogens is 2. The van der Waals surface area contributed by atoms with E-state index in [4.69, 9.17) is 0 Å². The molecule has 0 unspecified atom stereocenters. The first kappa shape index (κ1) is 20.4. The van der Waals surface area contributed by atoms with Gasteiger partial charge in [-0.15, -0.1) is 10.2 Å². The third kappa shape index (κ3) is 6.45. The molecule has 0 fully saturated rings. The number of hydrogen-bond acceptors (Lipinski definition) is 5. The number of unbranched alkanes of at least 4 members (excludes halogenated alkanes) is 2. The molecular weight excluding hydrogens is 423 g/mol. The molecule has 0 radical (unpaired) electrons. The Morgan fingerprint density at radius 2 is 2.08 bits per heavy atom. The van der Waals surface area contributed by atoms with Gasteiger partial charge < -0.3 is 10.6 Å². The maximum absolute atomic E-state index is 13.2. The molecule has 1 heterocycles. The van der Waals surface area contributed by atoms with E-state index >= 15 is 0 Å². The lowest BCUT2D eigenvalue weighted by molar-refractivity contribution is -0.116. The third-order valence-electron chi connectivity index (χ3n) is 3.52. The number of carbonyl (C=O) groups is 2. The first-order valence-electron chi connectivity index (χ1n) is 8.35. The van der Waals surface area contributed by atoms with Crippen LogP contribution in [0.2, 0.25) is 0 Å². The smallest absolute Gasteiger partial charge is 0.252 e. The lowest BCUT2D eigenvalue weighted by atomic mass is 10.2. The second-order valence-electron chi connectivity index (χ2n) is 5.64. The van der Waals surface area contributed by atoms with Crippen LogP contribution < -0.4 is 10.6 Å². The van der Waals surface area contributed by atoms with Crippen molar-refractivity contribution in [1.29, 1.82) is 0 Å². The fourth-order valence-corrected chi connectivity index (χ4v) is 3.39. The van der Waals surface area contributed by atoms with E-state index in [1.54, 1.807) is 0 Å². The Labute approximate surface area is 163 Å². The van der Waals surface area contributed by atoms with Gasteiger partial charge in [0.25, 0.3) is 5.91 Å². The topological polar surface area (TPSA) is 84.0 Å². The van der Waals surface area contributed by atoms with Crippen molar-refractivity contribution in [2.75, 3.05) is 11.9 Å². The van der Waals surface area contributed by atoms with Crippen LogP contribution in [0.1, 0.15) is 48.0 Å². The maximum atomic E-state index is 13.2. The fourth-order valence-electron chi connectivity index (χ4n) is 2.17. The van der Waals surface area contributed by atoms with E-state index < -0.39 is 11.7 Å². The number of carbonyl (C=O) groups excluding carboxylic acids is 2. The van der Waals surface area contributed by atoms with E-state index in [-0.39, 0.29) is 24.4 Å². The van der Waals surface area contributed by atoms with Crippen LogP contribution in [-0.2, 0) is 11.2 Å². The SMILES string of the molecule is CCCCCc1nnc(NC(=O)CCNC(=O)c2cc(F)ccc2Br)s1. The second-order valence-corrected chi connectivity index (χ2v) is 7.55. The monoisotopic (exact) mass is 442 g/mol. The van der Waals surface area contributed by atoms with Crippen molar-refractivity contribution in [1.82, 2.24) is 15.5 Å². The molecule has 0 aliphatic carbocycles. The van der Waals surface area contributed by atoms with Crippen molar-refractivity contribution < 1.29 is 14.0 Å². The third-order valence-corrected chi connectivity index (χ3v) is 5.11. The Bertz CT molecular complexity index is 769. The highest BCUT2D eigenvalue weighted by molar-refractivity contribution is 9.10. The number of nitrogens with zero attached hydrogens (tertiary/aromatic N) is 2. The summed E-state index contributed by atoms with van der Waals surface area (Å²) in [6.07, 6.45) is 4.28. The van der Waals surface area contributed by atoms with Crippen molar-refractivity contribution in [3.05, 3.63) is 39.1 Å². The summed E-state index contributed by atoms with van der Waals surface area (Å²) in [6, 6.07) is 3.86. The van der Waals surface area contributed by atoms with Crippen LogP contribution >= 0.6 is 27.3 Å². The van der Waals surface area contributed by atoms with Crippen LogP contribution in [0.15, 0.2) is 22.7 Å². The van der Waals surface area contributed by atoms with Crippen LogP contribution in [-0.4, -0.2) is 28.6 Å². The van der Waals surface area contributed by atoms with Gasteiger partial charge in [-0.1, -0.05) is 31.1 Å². The first-order chi connectivity index (χ1) is 12.5. The molecular formula is C17H20BrFN4O2S. The summed E-state index contributed by atoms with van der Waals surface area (Å²) in [7, 11) is 0. The standard InChI is InChI=1S/C17H20BrFN4O2S/c1-2-3-4-5-15-22-23-17(26-15)21-14(24)8-9-20-16(25)12-10-11(19)6-7-13(12)18/h6-7,10H,2-5,8-9H2,1H3,(H,20,25)(H,21,23,24). The number of aryl methyl sites for hydroxylation is 1. The van der Waals surface area contributed by atoms with Crippen LogP contribution in [0.5, 0.6) is 0 Å². The minimum Gasteiger partial charge on any atom is -0.351 e. The summed E-state index contributed by atoms with van der Waals surface area (Å²) in [5.41, 5.74) is 0.186. The van der Waals surface area contributed by atoms with Gasteiger partial charge >= 0.3 is 0 Å². The molecule has 9 heteroatoms. The maximum Gasteiger partial charge on any atom is 0.252 e. The largest absolute Gasteiger partial charge is 0.351 e. The van der Waals surface area contributed by atoms with Crippen molar-refractivity contribution in [3.63, 3.8) is 0 Å². The Kier molecular flexibility index (Phi) is 8.11. The number of benzene rings is 1. The molecule has 1 aromatic heterocycles. The zero-order valence-corrected chi connectivity index (χ0v) is 16.8. The van der Waals surface area contributed by atoms with Gasteiger partial charge in [-0.25, -0.2) is 4.39 Å². The molecule has 0 aliphatic heterocycles. The molecule has 2 rings (SSSR count). The van der Waals surface area contributed by atoms with Gasteiger partial charge in [-0.05, 0) is 40.5 Å². The van der Waals surface area contributed by atoms with Gasteiger partial charge in [-0.2, -0.15) is 0 Å². The predicted octanol–water partition coefficient (Wildman–Crippen LogP) is 3.93. The Morgan fingerprint density at radius 3 is 2.85 bits per heavy atom. The quantitative estimate of drug-likeness (QED) is 0.576. The Hall–Kier alpha value is -1.87. The van der Waals surface area contributed by atoms with E-state index in [0.29, 0.717) is 9.60 Å². The van der Waals surface area contributed by atoms with Crippen LogP contribution in [0.4, 0.5) is 9.52 Å². The number of halogens is 2. The molecule has 0 spiro atoms. The molecule has 2 N–H and O–H groups in total. The van der Waals surface area contributed by atoms with Gasteiger partial charge in [0.1, 0.15) is 10.8 Å². The summed E-state index contributed by atoms with van der Waals surface area (Å²) < 4.78 is 13.7. The summed E-state index contributed by atoms with van der Waals surface area (Å²) >= 11 is 4.56. The summed E-state index contributed by atoms with van der Waals surface area (Å²) in [6.45, 7) is 2.27. The molecule has 140 valence electrons. The molecule has 0 bridgehead atoms. The van der Waals surface area contributed by atoms with E-state index in [9.17, 15) is 14.0 Å². The molecule has 2 amide bonds. The molecule has 0 saturated carbocycles. The summed E-state index contributed by atoms with van der Waals surface area (Å²) in [4.78, 5) is 24.0. The van der Waals surface area contributed by atoms with Gasteiger partial charge in [0.2, 0.25) is 11.0 Å². The molecule has 0 atom stereocenters. The Balaban J connectivity index is 1.75. The number of rotatable bonds is 9. The lowest BCUT2D eigenvalue weighted by Gasteiger charge is -2.07. The lowest BCUT2D eigenvalue weighted by Crippen LogP contribution is -2.28. The molecule has 6 nitrogen and oxygen atoms in total. The highest BCUT2D eigenvalue weighted by Crippen LogP contribution is 2.18. The summed E-state index contributed by atoms with van der Waals surface area (Å²) in [5, 5.41) is 14.6. The van der Waals surface area contributed by atoms with Crippen LogP contribution in [0.3, 0.4) is 0 Å². The number of amides is 2. The number of nitrogens with one attached hydrogen (secondary N) is 2. The van der Waals surface area contributed by atoms with Gasteiger partial charge in [0.05, 0.1) is 5.56 Å². The highest BCUT2D eigenvalue weighted by atomic mass is 79.9. The van der Waals surface area contributed by atoms with Gasteiger partial charge in [-0.3, -0.25) is 9.59 Å². The molecule has 0 saturated heterocycles. The minimum atomic E-state index is -0.498. The second kappa shape index (κ2) is 10.3. The first-order valence-corrected chi connectivity index (χ1v) is 9.96. The Morgan fingerprint density at radius 1 is 1.27 bits per heavy atom. The minimum absolute atomic E-state index is 0.0867. The van der Waals surface area contributed by atoms with Crippen molar-refractivity contribution in [2.24, 2.45) is 0 Å². The van der Waals surface area contributed by atoms with Crippen LogP contribution in [0.25, 0.3) is 0 Å². The highest BCUT2D eigenvalue weighted by Gasteiger charge is 2.12. The molecule has 26 heavy (non-hydrogen) atoms. The zero-order valence-electron chi connectivity index (χ0n) is 14.3. The normalized spacial score (nSPS) is 10.6. The van der Waals surface area contributed by atoms with Gasteiger partial charge in [0, 0.05) is 23.9 Å². The fraction of sp³-hybridized carbons (Fsp3) is 0.412. The van der Waals surface area contributed by atoms with Gasteiger partial charge in [0.15, 0.2) is 0 Å².